The largest absolute Gasteiger partial charge is 0.496 e. The summed E-state index contributed by atoms with van der Waals surface area (Å²) < 4.78 is 5.42. The van der Waals surface area contributed by atoms with Crippen LogP contribution < -0.4 is 4.74 Å². The lowest BCUT2D eigenvalue weighted by atomic mass is 9.57. The zero-order chi connectivity index (χ0) is 14.4. The standard InChI is InChI=1S/C20H25O/c1-3-20-11-4-5-19(20)17-9-7-14-6-8-15(21-2)13-18(14)16(17)10-12-20/h5-6,13,16-17H,3-4,7,9-12H2,1-2H3/t16-,17+,20-/m0/s1. The fraction of sp³-hybridized carbons (Fsp3) is 0.600. The molecular formula is C20H25O. The molecule has 4 rings (SSSR count). The van der Waals surface area contributed by atoms with Crippen molar-refractivity contribution in [2.75, 3.05) is 7.11 Å². The summed E-state index contributed by atoms with van der Waals surface area (Å²) >= 11 is 0. The molecule has 0 amide bonds. The van der Waals surface area contributed by atoms with Gasteiger partial charge < -0.3 is 4.74 Å². The summed E-state index contributed by atoms with van der Waals surface area (Å²) in [5.74, 6) is 2.42. The quantitative estimate of drug-likeness (QED) is 0.689. The van der Waals surface area contributed by atoms with E-state index in [-0.39, 0.29) is 0 Å². The SMILES string of the molecule is CC[C@@]12CCC=C1[C@@H]1CCc3c[c]c(OC)cc3[C@H]1CC2. The molecule has 0 unspecified atom stereocenters. The molecular weight excluding hydrogens is 256 g/mol. The number of fused-ring (bicyclic) bond motifs is 5. The molecule has 1 radical (unpaired) electrons. The van der Waals surface area contributed by atoms with Crippen LogP contribution in [-0.4, -0.2) is 7.11 Å². The van der Waals surface area contributed by atoms with Crippen molar-refractivity contribution in [3.05, 3.63) is 41.0 Å². The number of hydrogen-bond donors (Lipinski definition) is 0. The van der Waals surface area contributed by atoms with Gasteiger partial charge in [-0.2, -0.15) is 0 Å². The topological polar surface area (TPSA) is 9.23 Å². The Kier molecular flexibility index (Phi) is 3.13. The van der Waals surface area contributed by atoms with Gasteiger partial charge in [-0.05, 0) is 85.5 Å². The van der Waals surface area contributed by atoms with Gasteiger partial charge in [-0.15, -0.1) is 0 Å². The first kappa shape index (κ1) is 13.4. The van der Waals surface area contributed by atoms with Crippen molar-refractivity contribution in [1.82, 2.24) is 0 Å². The van der Waals surface area contributed by atoms with Crippen LogP contribution in [0.15, 0.2) is 23.8 Å². The molecule has 0 spiro atoms. The Morgan fingerprint density at radius 3 is 3.00 bits per heavy atom. The van der Waals surface area contributed by atoms with Crippen molar-refractivity contribution in [3.63, 3.8) is 0 Å². The molecule has 1 saturated carbocycles. The summed E-state index contributed by atoms with van der Waals surface area (Å²) in [6.07, 6.45) is 11.9. The van der Waals surface area contributed by atoms with Crippen LogP contribution in [0.4, 0.5) is 0 Å². The molecule has 3 aliphatic rings. The Hall–Kier alpha value is -1.24. The van der Waals surface area contributed by atoms with E-state index in [0.717, 1.165) is 17.6 Å². The van der Waals surface area contributed by atoms with Crippen molar-refractivity contribution in [2.45, 2.75) is 57.8 Å². The van der Waals surface area contributed by atoms with Crippen LogP contribution in [0.25, 0.3) is 0 Å². The fourth-order valence-corrected chi connectivity index (χ4v) is 5.32. The first-order valence-corrected chi connectivity index (χ1v) is 8.56. The second kappa shape index (κ2) is 4.90. The van der Waals surface area contributed by atoms with Crippen LogP contribution in [0.3, 0.4) is 0 Å². The number of ether oxygens (including phenoxy) is 1. The zero-order valence-electron chi connectivity index (χ0n) is 13.2. The average molecular weight is 281 g/mol. The maximum Gasteiger partial charge on any atom is 0.127 e. The lowest BCUT2D eigenvalue weighted by molar-refractivity contribution is 0.191. The third-order valence-corrected chi connectivity index (χ3v) is 6.49. The fourth-order valence-electron chi connectivity index (χ4n) is 5.32. The highest BCUT2D eigenvalue weighted by molar-refractivity contribution is 5.43. The number of allylic oxidation sites excluding steroid dienone is 2. The van der Waals surface area contributed by atoms with Crippen molar-refractivity contribution in [1.29, 1.82) is 0 Å². The van der Waals surface area contributed by atoms with Gasteiger partial charge in [-0.1, -0.05) is 18.6 Å². The molecule has 1 fully saturated rings. The zero-order valence-corrected chi connectivity index (χ0v) is 13.2. The molecule has 1 aromatic carbocycles. The summed E-state index contributed by atoms with van der Waals surface area (Å²) in [4.78, 5) is 0. The first-order valence-electron chi connectivity index (χ1n) is 8.56. The van der Waals surface area contributed by atoms with Crippen molar-refractivity contribution >= 4 is 0 Å². The number of benzene rings is 1. The van der Waals surface area contributed by atoms with E-state index in [1.54, 1.807) is 12.7 Å². The van der Waals surface area contributed by atoms with Crippen LogP contribution >= 0.6 is 0 Å². The van der Waals surface area contributed by atoms with Crippen molar-refractivity contribution in [2.24, 2.45) is 11.3 Å². The normalized spacial score (nSPS) is 33.7. The molecule has 111 valence electrons. The Morgan fingerprint density at radius 1 is 1.29 bits per heavy atom. The van der Waals surface area contributed by atoms with Gasteiger partial charge in [0.1, 0.15) is 5.75 Å². The van der Waals surface area contributed by atoms with E-state index in [1.807, 2.05) is 5.57 Å². The van der Waals surface area contributed by atoms with E-state index in [0.29, 0.717) is 5.41 Å². The third kappa shape index (κ3) is 1.89. The summed E-state index contributed by atoms with van der Waals surface area (Å²) in [7, 11) is 1.75. The Labute approximate surface area is 128 Å². The Morgan fingerprint density at radius 2 is 2.19 bits per heavy atom. The van der Waals surface area contributed by atoms with Crippen LogP contribution in [0.2, 0.25) is 0 Å². The maximum absolute atomic E-state index is 5.42. The highest BCUT2D eigenvalue weighted by atomic mass is 16.5. The number of hydrogen-bond acceptors (Lipinski definition) is 1. The summed E-state index contributed by atoms with van der Waals surface area (Å²) in [5, 5.41) is 0. The van der Waals surface area contributed by atoms with Gasteiger partial charge in [-0.3, -0.25) is 0 Å². The predicted octanol–water partition coefficient (Wildman–Crippen LogP) is 5.05. The van der Waals surface area contributed by atoms with Gasteiger partial charge in [0.2, 0.25) is 0 Å². The van der Waals surface area contributed by atoms with Gasteiger partial charge >= 0.3 is 0 Å². The average Bonchev–Trinajstić information content (AvgIpc) is 2.98. The summed E-state index contributed by atoms with van der Waals surface area (Å²) in [6.45, 7) is 2.40. The van der Waals surface area contributed by atoms with E-state index in [2.05, 4.69) is 31.2 Å². The predicted molar refractivity (Wildman–Crippen MR) is 85.7 cm³/mol. The van der Waals surface area contributed by atoms with E-state index >= 15 is 0 Å². The van der Waals surface area contributed by atoms with E-state index in [1.165, 1.54) is 50.5 Å². The molecule has 0 heterocycles. The maximum atomic E-state index is 5.42. The van der Waals surface area contributed by atoms with E-state index in [9.17, 15) is 0 Å². The molecule has 21 heavy (non-hydrogen) atoms. The van der Waals surface area contributed by atoms with Gasteiger partial charge in [0.05, 0.1) is 7.11 Å². The number of methoxy groups -OCH3 is 1. The lowest BCUT2D eigenvalue weighted by Gasteiger charge is -2.47. The first-order chi connectivity index (χ1) is 10.3. The van der Waals surface area contributed by atoms with Crippen LogP contribution in [0, 0.1) is 17.4 Å². The van der Waals surface area contributed by atoms with Gasteiger partial charge in [0.25, 0.3) is 0 Å². The lowest BCUT2D eigenvalue weighted by Crippen LogP contribution is -2.35. The van der Waals surface area contributed by atoms with Crippen LogP contribution in [-0.2, 0) is 6.42 Å². The summed E-state index contributed by atoms with van der Waals surface area (Å²) in [6, 6.07) is 7.71. The highest BCUT2D eigenvalue weighted by Gasteiger charge is 2.47. The Balaban J connectivity index is 1.74. The number of aryl methyl sites for hydroxylation is 1. The highest BCUT2D eigenvalue weighted by Crippen LogP contribution is 2.60. The second-order valence-corrected chi connectivity index (χ2v) is 7.10. The molecule has 1 heteroatoms. The smallest absolute Gasteiger partial charge is 0.127 e. The molecule has 3 aliphatic carbocycles. The molecule has 3 atom stereocenters. The van der Waals surface area contributed by atoms with E-state index in [4.69, 9.17) is 4.74 Å². The molecule has 0 aromatic heterocycles. The van der Waals surface area contributed by atoms with E-state index < -0.39 is 0 Å². The van der Waals surface area contributed by atoms with Crippen molar-refractivity contribution in [3.8, 4) is 5.75 Å². The minimum absolute atomic E-state index is 0.559. The minimum atomic E-state index is 0.559. The van der Waals surface area contributed by atoms with Gasteiger partial charge in [0, 0.05) is 6.07 Å². The molecule has 1 aromatic rings. The molecule has 0 N–H and O–H groups in total. The second-order valence-electron chi connectivity index (χ2n) is 7.10. The Bertz CT molecular complexity index is 586. The van der Waals surface area contributed by atoms with Crippen LogP contribution in [0.5, 0.6) is 5.75 Å². The van der Waals surface area contributed by atoms with Crippen LogP contribution in [0.1, 0.15) is 62.5 Å². The monoisotopic (exact) mass is 281 g/mol. The molecule has 0 saturated heterocycles. The van der Waals surface area contributed by atoms with Crippen molar-refractivity contribution < 1.29 is 4.74 Å². The minimum Gasteiger partial charge on any atom is -0.496 e. The number of rotatable bonds is 2. The molecule has 1 nitrogen and oxygen atoms in total. The molecule has 0 aliphatic heterocycles. The molecule has 0 bridgehead atoms. The third-order valence-electron chi connectivity index (χ3n) is 6.49. The van der Waals surface area contributed by atoms with Gasteiger partial charge in [-0.25, -0.2) is 0 Å². The van der Waals surface area contributed by atoms with Gasteiger partial charge in [0.15, 0.2) is 0 Å². The summed E-state index contributed by atoms with van der Waals surface area (Å²) in [5.41, 5.74) is 5.45.